The van der Waals surface area contributed by atoms with E-state index in [4.69, 9.17) is 5.73 Å². The number of rotatable bonds is 6. The van der Waals surface area contributed by atoms with Crippen LogP contribution in [0.25, 0.3) is 0 Å². The molecule has 0 fully saturated rings. The summed E-state index contributed by atoms with van der Waals surface area (Å²) >= 11 is 0. The predicted octanol–water partition coefficient (Wildman–Crippen LogP) is 3.06. The second-order valence-corrected chi connectivity index (χ2v) is 7.87. The summed E-state index contributed by atoms with van der Waals surface area (Å²) in [6.45, 7) is 3.55. The zero-order chi connectivity index (χ0) is 18.6. The lowest BCUT2D eigenvalue weighted by atomic mass is 9.94. The molecule has 2 unspecified atom stereocenters. The normalized spacial score (nSPS) is 13.2. The van der Waals surface area contributed by atoms with Crippen LogP contribution in [0.1, 0.15) is 24.1 Å². The first-order valence-electron chi connectivity index (χ1n) is 7.87. The highest BCUT2D eigenvalue weighted by molar-refractivity contribution is 7.92. The number of hydrogen-bond donors (Lipinski definition) is 3. The van der Waals surface area contributed by atoms with Crippen molar-refractivity contribution in [3.05, 3.63) is 59.7 Å². The van der Waals surface area contributed by atoms with Crippen LogP contribution in [0, 0.1) is 12.8 Å². The van der Waals surface area contributed by atoms with Gasteiger partial charge in [0.2, 0.25) is 15.9 Å². The van der Waals surface area contributed by atoms with Gasteiger partial charge in [-0.3, -0.25) is 9.52 Å². The second kappa shape index (κ2) is 9.02. The highest BCUT2D eigenvalue weighted by atomic mass is 35.5. The second-order valence-electron chi connectivity index (χ2n) is 6.12. The van der Waals surface area contributed by atoms with Crippen LogP contribution in [-0.2, 0) is 14.8 Å². The Balaban J connectivity index is 0.00000338. The standard InChI is InChI=1S/C18H23N3O3S.ClH/c1-12-9-10-15(11-16(12)21-25(3,23)24)20-18(22)13(2)17(19)14-7-5-4-6-8-14;/h4-11,13,17,21H,19H2,1-3H3,(H,20,22);1H. The minimum absolute atomic E-state index is 0. The molecule has 1 amide bonds. The summed E-state index contributed by atoms with van der Waals surface area (Å²) in [7, 11) is -3.39. The number of sulfonamides is 1. The van der Waals surface area contributed by atoms with Crippen molar-refractivity contribution in [2.75, 3.05) is 16.3 Å². The molecule has 0 heterocycles. The first-order chi connectivity index (χ1) is 11.7. The van der Waals surface area contributed by atoms with Crippen molar-refractivity contribution in [3.8, 4) is 0 Å². The molecule has 0 aliphatic heterocycles. The lowest BCUT2D eigenvalue weighted by Crippen LogP contribution is -2.30. The number of carbonyl (C=O) groups excluding carboxylic acids is 1. The summed E-state index contributed by atoms with van der Waals surface area (Å²) in [5, 5.41) is 2.79. The Labute approximate surface area is 160 Å². The van der Waals surface area contributed by atoms with Gasteiger partial charge in [0.1, 0.15) is 0 Å². The number of aryl methyl sites for hydroxylation is 1. The molecule has 0 radical (unpaired) electrons. The molecule has 2 rings (SSSR count). The van der Waals surface area contributed by atoms with Crippen molar-refractivity contribution in [1.82, 2.24) is 0 Å². The molecule has 142 valence electrons. The maximum absolute atomic E-state index is 12.5. The van der Waals surface area contributed by atoms with Gasteiger partial charge >= 0.3 is 0 Å². The average Bonchev–Trinajstić information content (AvgIpc) is 2.56. The van der Waals surface area contributed by atoms with Gasteiger partial charge in [0.05, 0.1) is 17.9 Å². The number of amides is 1. The number of carbonyl (C=O) groups is 1. The monoisotopic (exact) mass is 397 g/mol. The molecule has 0 bridgehead atoms. The van der Waals surface area contributed by atoms with Gasteiger partial charge in [-0.25, -0.2) is 8.42 Å². The zero-order valence-electron chi connectivity index (χ0n) is 14.9. The van der Waals surface area contributed by atoms with Crippen LogP contribution >= 0.6 is 12.4 Å². The van der Waals surface area contributed by atoms with Gasteiger partial charge in [-0.05, 0) is 30.2 Å². The summed E-state index contributed by atoms with van der Waals surface area (Å²) in [4.78, 5) is 12.5. The van der Waals surface area contributed by atoms with Gasteiger partial charge in [-0.1, -0.05) is 43.3 Å². The Morgan fingerprint density at radius 3 is 2.31 bits per heavy atom. The molecule has 0 aromatic heterocycles. The van der Waals surface area contributed by atoms with Crippen LogP contribution < -0.4 is 15.8 Å². The topological polar surface area (TPSA) is 101 Å². The van der Waals surface area contributed by atoms with E-state index in [1.54, 1.807) is 32.0 Å². The van der Waals surface area contributed by atoms with E-state index in [2.05, 4.69) is 10.0 Å². The molecule has 0 saturated heterocycles. The fourth-order valence-electron chi connectivity index (χ4n) is 2.39. The molecule has 2 aromatic carbocycles. The lowest BCUT2D eigenvalue weighted by Gasteiger charge is -2.20. The Morgan fingerprint density at radius 2 is 1.73 bits per heavy atom. The number of nitrogens with two attached hydrogens (primary N) is 1. The van der Waals surface area contributed by atoms with Crippen molar-refractivity contribution in [2.45, 2.75) is 19.9 Å². The van der Waals surface area contributed by atoms with E-state index in [1.807, 2.05) is 30.3 Å². The van der Waals surface area contributed by atoms with Crippen LogP contribution in [-0.4, -0.2) is 20.6 Å². The number of benzene rings is 2. The molecular formula is C18H24ClN3O3S. The van der Waals surface area contributed by atoms with Gasteiger partial charge in [0, 0.05) is 11.7 Å². The van der Waals surface area contributed by atoms with E-state index < -0.39 is 22.0 Å². The molecular weight excluding hydrogens is 374 g/mol. The smallest absolute Gasteiger partial charge is 0.229 e. The van der Waals surface area contributed by atoms with E-state index in [0.29, 0.717) is 11.4 Å². The third kappa shape index (κ3) is 6.01. The minimum Gasteiger partial charge on any atom is -0.326 e. The summed E-state index contributed by atoms with van der Waals surface area (Å²) in [5.74, 6) is -0.680. The lowest BCUT2D eigenvalue weighted by molar-refractivity contribution is -0.120. The molecule has 2 aromatic rings. The quantitative estimate of drug-likeness (QED) is 0.697. The summed E-state index contributed by atoms with van der Waals surface area (Å²) in [5.41, 5.74) is 8.76. The Hall–Kier alpha value is -2.09. The van der Waals surface area contributed by atoms with E-state index in [9.17, 15) is 13.2 Å². The predicted molar refractivity (Wildman–Crippen MR) is 108 cm³/mol. The van der Waals surface area contributed by atoms with Gasteiger partial charge in [-0.15, -0.1) is 12.4 Å². The molecule has 4 N–H and O–H groups in total. The molecule has 6 nitrogen and oxygen atoms in total. The summed E-state index contributed by atoms with van der Waals surface area (Å²) in [6.07, 6.45) is 1.08. The highest BCUT2D eigenvalue weighted by Crippen LogP contribution is 2.24. The molecule has 0 saturated carbocycles. The molecule has 0 aliphatic rings. The number of halogens is 1. The first-order valence-corrected chi connectivity index (χ1v) is 9.76. The van der Waals surface area contributed by atoms with Gasteiger partial charge in [-0.2, -0.15) is 0 Å². The largest absolute Gasteiger partial charge is 0.326 e. The van der Waals surface area contributed by atoms with Crippen LogP contribution in [0.5, 0.6) is 0 Å². The van der Waals surface area contributed by atoms with Gasteiger partial charge in [0.25, 0.3) is 0 Å². The molecule has 0 aliphatic carbocycles. The van der Waals surface area contributed by atoms with Crippen molar-refractivity contribution in [2.24, 2.45) is 11.7 Å². The third-order valence-corrected chi connectivity index (χ3v) is 4.53. The molecule has 8 heteroatoms. The maximum atomic E-state index is 12.5. The maximum Gasteiger partial charge on any atom is 0.229 e. The van der Waals surface area contributed by atoms with E-state index in [1.165, 1.54) is 0 Å². The summed E-state index contributed by atoms with van der Waals surface area (Å²) in [6, 6.07) is 14.0. The number of nitrogens with one attached hydrogen (secondary N) is 2. The van der Waals surface area contributed by atoms with E-state index in [0.717, 1.165) is 17.4 Å². The van der Waals surface area contributed by atoms with Crippen LogP contribution in [0.3, 0.4) is 0 Å². The Kier molecular flexibility index (Phi) is 7.62. The molecule has 0 spiro atoms. The fraction of sp³-hybridized carbons (Fsp3) is 0.278. The molecule has 2 atom stereocenters. The van der Waals surface area contributed by atoms with Crippen molar-refractivity contribution in [1.29, 1.82) is 0 Å². The van der Waals surface area contributed by atoms with Gasteiger partial charge in [0.15, 0.2) is 0 Å². The average molecular weight is 398 g/mol. The van der Waals surface area contributed by atoms with E-state index in [-0.39, 0.29) is 18.3 Å². The Morgan fingerprint density at radius 1 is 1.12 bits per heavy atom. The van der Waals surface area contributed by atoms with Crippen molar-refractivity contribution in [3.63, 3.8) is 0 Å². The van der Waals surface area contributed by atoms with Crippen LogP contribution in [0.15, 0.2) is 48.5 Å². The highest BCUT2D eigenvalue weighted by Gasteiger charge is 2.22. The SMILES string of the molecule is Cc1ccc(NC(=O)C(C)C(N)c2ccccc2)cc1NS(C)(=O)=O.Cl. The van der Waals surface area contributed by atoms with Gasteiger partial charge < -0.3 is 11.1 Å². The van der Waals surface area contributed by atoms with Crippen LogP contribution in [0.4, 0.5) is 11.4 Å². The zero-order valence-corrected chi connectivity index (χ0v) is 16.5. The van der Waals surface area contributed by atoms with Crippen molar-refractivity contribution < 1.29 is 13.2 Å². The third-order valence-electron chi connectivity index (χ3n) is 3.94. The van der Waals surface area contributed by atoms with Crippen molar-refractivity contribution >= 4 is 39.7 Å². The minimum atomic E-state index is -3.39. The Bertz CT molecular complexity index is 857. The van der Waals surface area contributed by atoms with Crippen LogP contribution in [0.2, 0.25) is 0 Å². The number of hydrogen-bond acceptors (Lipinski definition) is 4. The number of anilines is 2. The summed E-state index contributed by atoms with van der Waals surface area (Å²) < 4.78 is 25.3. The fourth-order valence-corrected chi connectivity index (χ4v) is 3.01. The van der Waals surface area contributed by atoms with E-state index >= 15 is 0 Å². The first kappa shape index (κ1) is 22.0. The molecule has 26 heavy (non-hydrogen) atoms.